The summed E-state index contributed by atoms with van der Waals surface area (Å²) in [5, 5.41) is 12.0. The molecular formula is C12H12F3N3O. The van der Waals surface area contributed by atoms with Crippen molar-refractivity contribution in [3.63, 3.8) is 0 Å². The standard InChI is InChI=1S/C12H12F3N3O/c13-12(14,15)9-5-8(6-16)11(18-7-9)19-10-1-3-17-4-2-10/h5,7,10,17H,1-4H2. The number of halogens is 3. The fraction of sp³-hybridized carbons (Fsp3) is 0.500. The molecular weight excluding hydrogens is 259 g/mol. The molecule has 2 heterocycles. The lowest BCUT2D eigenvalue weighted by Crippen LogP contribution is -2.34. The van der Waals surface area contributed by atoms with Crippen LogP contribution < -0.4 is 10.1 Å². The molecule has 2 rings (SSSR count). The quantitative estimate of drug-likeness (QED) is 0.895. The van der Waals surface area contributed by atoms with E-state index >= 15 is 0 Å². The van der Waals surface area contributed by atoms with Crippen molar-refractivity contribution < 1.29 is 17.9 Å². The highest BCUT2D eigenvalue weighted by Gasteiger charge is 2.32. The van der Waals surface area contributed by atoms with E-state index in [9.17, 15) is 13.2 Å². The van der Waals surface area contributed by atoms with Gasteiger partial charge in [-0.1, -0.05) is 0 Å². The van der Waals surface area contributed by atoms with Gasteiger partial charge in [0.1, 0.15) is 17.7 Å². The molecule has 7 heteroatoms. The molecule has 0 radical (unpaired) electrons. The Bertz CT molecular complexity index is 490. The second-order valence-electron chi connectivity index (χ2n) is 4.25. The number of ether oxygens (including phenoxy) is 1. The fourth-order valence-electron chi connectivity index (χ4n) is 1.85. The molecule has 0 unspecified atom stereocenters. The summed E-state index contributed by atoms with van der Waals surface area (Å²) in [5.74, 6) is -0.0256. The molecule has 4 nitrogen and oxygen atoms in total. The largest absolute Gasteiger partial charge is 0.473 e. The minimum absolute atomic E-state index is 0.0256. The Morgan fingerprint density at radius 2 is 2.05 bits per heavy atom. The van der Waals surface area contributed by atoms with E-state index in [-0.39, 0.29) is 17.5 Å². The summed E-state index contributed by atoms with van der Waals surface area (Å²) in [6.07, 6.45) is -2.44. The second-order valence-corrected chi connectivity index (χ2v) is 4.25. The number of alkyl halides is 3. The van der Waals surface area contributed by atoms with Gasteiger partial charge in [-0.3, -0.25) is 0 Å². The molecule has 1 aliphatic rings. The Morgan fingerprint density at radius 3 is 2.63 bits per heavy atom. The Morgan fingerprint density at radius 1 is 1.37 bits per heavy atom. The first-order chi connectivity index (χ1) is 9.00. The van der Waals surface area contributed by atoms with Gasteiger partial charge in [0.05, 0.1) is 5.56 Å². The molecule has 102 valence electrons. The van der Waals surface area contributed by atoms with Crippen LogP contribution in [0.3, 0.4) is 0 Å². The van der Waals surface area contributed by atoms with Crippen LogP contribution in [0.2, 0.25) is 0 Å². The minimum Gasteiger partial charge on any atom is -0.473 e. The summed E-state index contributed by atoms with van der Waals surface area (Å²) < 4.78 is 43.0. The van der Waals surface area contributed by atoms with Crippen molar-refractivity contribution in [2.45, 2.75) is 25.1 Å². The average molecular weight is 271 g/mol. The van der Waals surface area contributed by atoms with Crippen LogP contribution in [0.4, 0.5) is 13.2 Å². The van der Waals surface area contributed by atoms with E-state index < -0.39 is 11.7 Å². The van der Waals surface area contributed by atoms with Crippen molar-refractivity contribution in [2.24, 2.45) is 0 Å². The number of aromatic nitrogens is 1. The van der Waals surface area contributed by atoms with E-state index in [1.54, 1.807) is 6.07 Å². The van der Waals surface area contributed by atoms with Crippen LogP contribution in [0.15, 0.2) is 12.3 Å². The normalized spacial score (nSPS) is 16.9. The Kier molecular flexibility index (Phi) is 3.90. The van der Waals surface area contributed by atoms with Gasteiger partial charge in [0.25, 0.3) is 0 Å². The molecule has 0 spiro atoms. The first-order valence-electron chi connectivity index (χ1n) is 5.85. The van der Waals surface area contributed by atoms with Crippen LogP contribution in [0, 0.1) is 11.3 Å². The number of pyridine rings is 1. The Hall–Kier alpha value is -1.81. The monoisotopic (exact) mass is 271 g/mol. The SMILES string of the molecule is N#Cc1cc(C(F)(F)F)cnc1OC1CCNCC1. The minimum atomic E-state index is -4.51. The summed E-state index contributed by atoms with van der Waals surface area (Å²) in [4.78, 5) is 3.62. The summed E-state index contributed by atoms with van der Waals surface area (Å²) in [6.45, 7) is 1.57. The van der Waals surface area contributed by atoms with Gasteiger partial charge < -0.3 is 10.1 Å². The van der Waals surface area contributed by atoms with Crippen LogP contribution in [-0.4, -0.2) is 24.2 Å². The molecule has 19 heavy (non-hydrogen) atoms. The zero-order valence-corrected chi connectivity index (χ0v) is 10.00. The fourth-order valence-corrected chi connectivity index (χ4v) is 1.85. The van der Waals surface area contributed by atoms with Gasteiger partial charge >= 0.3 is 6.18 Å². The smallest absolute Gasteiger partial charge is 0.417 e. The van der Waals surface area contributed by atoms with Crippen molar-refractivity contribution in [1.82, 2.24) is 10.3 Å². The Labute approximate surface area is 108 Å². The van der Waals surface area contributed by atoms with Gasteiger partial charge in [0.15, 0.2) is 0 Å². The molecule has 1 fully saturated rings. The maximum Gasteiger partial charge on any atom is 0.417 e. The average Bonchev–Trinajstić information content (AvgIpc) is 2.39. The van der Waals surface area contributed by atoms with E-state index in [0.717, 1.165) is 32.0 Å². The number of nitrogens with zero attached hydrogens (tertiary/aromatic N) is 2. The summed E-state index contributed by atoms with van der Waals surface area (Å²) in [5.41, 5.74) is -1.13. The number of nitrogens with one attached hydrogen (secondary N) is 1. The maximum atomic E-state index is 12.5. The van der Waals surface area contributed by atoms with Crippen molar-refractivity contribution in [2.75, 3.05) is 13.1 Å². The summed E-state index contributed by atoms with van der Waals surface area (Å²) in [7, 11) is 0. The molecule has 0 saturated carbocycles. The van der Waals surface area contributed by atoms with E-state index in [0.29, 0.717) is 6.20 Å². The van der Waals surface area contributed by atoms with Crippen molar-refractivity contribution in [1.29, 1.82) is 5.26 Å². The molecule has 1 N–H and O–H groups in total. The predicted molar refractivity (Wildman–Crippen MR) is 60.5 cm³/mol. The first kappa shape index (κ1) is 13.6. The number of nitriles is 1. The van der Waals surface area contributed by atoms with Gasteiger partial charge in [-0.05, 0) is 32.0 Å². The van der Waals surface area contributed by atoms with Crippen molar-refractivity contribution >= 4 is 0 Å². The zero-order valence-electron chi connectivity index (χ0n) is 10.00. The third-order valence-corrected chi connectivity index (χ3v) is 2.86. The highest BCUT2D eigenvalue weighted by Crippen LogP contribution is 2.31. The first-order valence-corrected chi connectivity index (χ1v) is 5.85. The number of hydrogen-bond acceptors (Lipinski definition) is 4. The van der Waals surface area contributed by atoms with E-state index in [2.05, 4.69) is 10.3 Å². The maximum absolute atomic E-state index is 12.5. The number of piperidine rings is 1. The molecule has 1 aromatic heterocycles. The molecule has 0 aliphatic carbocycles. The lowest BCUT2D eigenvalue weighted by atomic mass is 10.1. The van der Waals surface area contributed by atoms with E-state index in [1.165, 1.54) is 0 Å². The van der Waals surface area contributed by atoms with Crippen LogP contribution in [-0.2, 0) is 6.18 Å². The lowest BCUT2D eigenvalue weighted by molar-refractivity contribution is -0.137. The van der Waals surface area contributed by atoms with Crippen molar-refractivity contribution in [3.8, 4) is 11.9 Å². The third kappa shape index (κ3) is 3.35. The summed E-state index contributed by atoms with van der Waals surface area (Å²) in [6, 6.07) is 2.46. The zero-order chi connectivity index (χ0) is 13.9. The van der Waals surface area contributed by atoms with E-state index in [1.807, 2.05) is 0 Å². The Balaban J connectivity index is 2.19. The number of rotatable bonds is 2. The predicted octanol–water partition coefficient (Wildman–Crippen LogP) is 2.10. The molecule has 1 aromatic rings. The van der Waals surface area contributed by atoms with E-state index in [4.69, 9.17) is 10.00 Å². The topological polar surface area (TPSA) is 57.9 Å². The molecule has 0 atom stereocenters. The van der Waals surface area contributed by atoms with Gasteiger partial charge in [-0.15, -0.1) is 0 Å². The van der Waals surface area contributed by atoms with Gasteiger partial charge in [0.2, 0.25) is 5.88 Å². The molecule has 0 aromatic carbocycles. The second kappa shape index (κ2) is 5.45. The highest BCUT2D eigenvalue weighted by molar-refractivity contribution is 5.40. The van der Waals surface area contributed by atoms with Crippen LogP contribution in [0.5, 0.6) is 5.88 Å². The lowest BCUT2D eigenvalue weighted by Gasteiger charge is -2.23. The molecule has 1 aliphatic heterocycles. The molecule has 0 bridgehead atoms. The molecule has 0 amide bonds. The highest BCUT2D eigenvalue weighted by atomic mass is 19.4. The van der Waals surface area contributed by atoms with Gasteiger partial charge in [0, 0.05) is 6.20 Å². The van der Waals surface area contributed by atoms with Gasteiger partial charge in [-0.25, -0.2) is 4.98 Å². The van der Waals surface area contributed by atoms with Crippen molar-refractivity contribution in [3.05, 3.63) is 23.4 Å². The summed E-state index contributed by atoms with van der Waals surface area (Å²) >= 11 is 0. The van der Waals surface area contributed by atoms with Crippen LogP contribution in [0.1, 0.15) is 24.0 Å². The number of hydrogen-bond donors (Lipinski definition) is 1. The molecule has 1 saturated heterocycles. The van der Waals surface area contributed by atoms with Gasteiger partial charge in [-0.2, -0.15) is 18.4 Å². The van der Waals surface area contributed by atoms with Crippen LogP contribution in [0.25, 0.3) is 0 Å². The third-order valence-electron chi connectivity index (χ3n) is 2.86. The van der Waals surface area contributed by atoms with Crippen LogP contribution >= 0.6 is 0 Å².